The average molecular weight is 800 g/mol. The molecule has 0 aliphatic rings. The van der Waals surface area contributed by atoms with Gasteiger partial charge in [-0.25, -0.2) is 4.98 Å². The molecule has 0 unspecified atom stereocenters. The van der Waals surface area contributed by atoms with Crippen LogP contribution in [0.15, 0.2) is 54.6 Å². The normalized spacial score (nSPS) is 12.3. The Bertz CT molecular complexity index is 1660. The minimum absolute atomic E-state index is 0. The Morgan fingerprint density at radius 2 is 1.52 bits per heavy atom. The number of fused-ring (bicyclic) bond motifs is 3. The zero-order valence-corrected chi connectivity index (χ0v) is 32.6. The van der Waals surface area contributed by atoms with E-state index in [1.807, 2.05) is 41.5 Å². The fourth-order valence-electron chi connectivity index (χ4n) is 5.44. The molecule has 251 valence electrons. The predicted molar refractivity (Wildman–Crippen MR) is 192 cm³/mol. The van der Waals surface area contributed by atoms with Gasteiger partial charge in [0.05, 0.1) is 5.52 Å². The van der Waals surface area contributed by atoms with Gasteiger partial charge in [0.1, 0.15) is 12.1 Å². The summed E-state index contributed by atoms with van der Waals surface area (Å²) < 4.78 is 0. The summed E-state index contributed by atoms with van der Waals surface area (Å²) in [5.41, 5.74) is 7.57. The van der Waals surface area contributed by atoms with Gasteiger partial charge in [-0.3, -0.25) is 9.78 Å². The number of rotatable bonds is 10. The second-order valence-corrected chi connectivity index (χ2v) is 14.9. The van der Waals surface area contributed by atoms with Crippen molar-refractivity contribution in [3.63, 3.8) is 0 Å². The van der Waals surface area contributed by atoms with E-state index in [0.29, 0.717) is 11.8 Å². The Kier molecular flexibility index (Phi) is 13.9. The van der Waals surface area contributed by atoms with Crippen molar-refractivity contribution < 1.29 is 30.0 Å². The van der Waals surface area contributed by atoms with Crippen molar-refractivity contribution in [2.24, 2.45) is 22.7 Å². The van der Waals surface area contributed by atoms with E-state index in [1.54, 1.807) is 6.33 Å². The molecule has 0 fully saturated rings. The van der Waals surface area contributed by atoms with Gasteiger partial charge < -0.3 is 5.11 Å². The molecule has 4 rings (SSSR count). The van der Waals surface area contributed by atoms with Crippen LogP contribution in [-0.4, -0.2) is 20.9 Å². The largest absolute Gasteiger partial charge is 0.512 e. The first-order chi connectivity index (χ1) is 21.0. The molecule has 0 bridgehead atoms. The minimum atomic E-state index is -0.377. The number of nitrogens with zero attached hydrogens (tertiary/aromatic N) is 2. The number of aliphatic hydroxyl groups excluding tert-OH is 1. The second-order valence-electron chi connectivity index (χ2n) is 14.9. The Hall–Kier alpha value is -2.88. The summed E-state index contributed by atoms with van der Waals surface area (Å²) >= 11 is 0. The molecule has 0 amide bonds. The van der Waals surface area contributed by atoms with Gasteiger partial charge in [-0.1, -0.05) is 107 Å². The van der Waals surface area contributed by atoms with Crippen LogP contribution in [-0.2, 0) is 37.7 Å². The molecular weight excluding hydrogens is 745 g/mol. The first-order valence-corrected chi connectivity index (χ1v) is 16.6. The summed E-state index contributed by atoms with van der Waals surface area (Å²) in [5, 5.41) is 13.5. The summed E-state index contributed by atoms with van der Waals surface area (Å²) in [6.07, 6.45) is 6.86. The molecule has 1 aromatic heterocycles. The molecule has 0 aliphatic carbocycles. The third-order valence-electron chi connectivity index (χ3n) is 8.93. The molecule has 5 heteroatoms. The Labute approximate surface area is 291 Å². The molecule has 0 saturated carbocycles. The van der Waals surface area contributed by atoms with Gasteiger partial charge in [0.2, 0.25) is 0 Å². The number of allylic oxidation sites excluding steroid dienone is 2. The predicted octanol–water partition coefficient (Wildman–Crippen LogP) is 11.1. The molecule has 1 N–H and O–H groups in total. The van der Waals surface area contributed by atoms with Crippen molar-refractivity contribution in [2.75, 3.05) is 0 Å². The number of carbonyl (C=O) groups excluding carboxylic acids is 1. The summed E-state index contributed by atoms with van der Waals surface area (Å²) in [7, 11) is 0. The summed E-state index contributed by atoms with van der Waals surface area (Å²) in [5.74, 6) is 1.43. The maximum absolute atomic E-state index is 11.8. The van der Waals surface area contributed by atoms with Crippen molar-refractivity contribution in [3.05, 3.63) is 82.9 Å². The molecule has 4 nitrogen and oxygen atoms in total. The van der Waals surface area contributed by atoms with Crippen molar-refractivity contribution in [3.8, 4) is 11.3 Å². The van der Waals surface area contributed by atoms with Gasteiger partial charge in [-0.15, -0.1) is 34.9 Å². The third-order valence-corrected chi connectivity index (χ3v) is 8.93. The minimum Gasteiger partial charge on any atom is -0.512 e. The number of aryl methyl sites for hydroxylation is 2. The Morgan fingerprint density at radius 1 is 0.891 bits per heavy atom. The van der Waals surface area contributed by atoms with Crippen molar-refractivity contribution in [1.82, 2.24) is 9.97 Å². The Balaban J connectivity index is 0.000000394. The van der Waals surface area contributed by atoms with Gasteiger partial charge in [0, 0.05) is 42.4 Å². The van der Waals surface area contributed by atoms with Crippen LogP contribution in [0, 0.1) is 42.6 Å². The first-order valence-electron chi connectivity index (χ1n) is 16.6. The van der Waals surface area contributed by atoms with Crippen LogP contribution >= 0.6 is 0 Å². The monoisotopic (exact) mass is 800 g/mol. The van der Waals surface area contributed by atoms with Crippen molar-refractivity contribution in [1.29, 1.82) is 0 Å². The van der Waals surface area contributed by atoms with E-state index in [2.05, 4.69) is 89.0 Å². The summed E-state index contributed by atoms with van der Waals surface area (Å²) in [6.45, 7) is 25.0. The van der Waals surface area contributed by atoms with E-state index in [9.17, 15) is 9.90 Å². The quantitative estimate of drug-likeness (QED) is 0.0751. The molecule has 46 heavy (non-hydrogen) atoms. The standard InChI is InChI=1S/C28H31N2.C13H24O2.Ir/c1-17(2)9-21-14-22-7-8-25-27(24-12-19(5)11-20(6)13-24)29-16-30-28(25)26(22)23(15-21)10-18(3)4;1-7-12(3,4)10(14)9-11(15)13(5,6)8-2;/h7-8,11-12,14-18H,9-10H2,1-6H3;9,14H,7-8H2,1-6H3;/q-1;;/b;10-9-;. The van der Waals surface area contributed by atoms with Crippen LogP contribution in [0.5, 0.6) is 0 Å². The average Bonchev–Trinajstić information content (AvgIpc) is 2.95. The van der Waals surface area contributed by atoms with Crippen LogP contribution in [0.4, 0.5) is 0 Å². The van der Waals surface area contributed by atoms with Crippen LogP contribution in [0.3, 0.4) is 0 Å². The van der Waals surface area contributed by atoms with Gasteiger partial charge in [-0.05, 0) is 65.1 Å². The topological polar surface area (TPSA) is 63.1 Å². The Morgan fingerprint density at radius 3 is 2.09 bits per heavy atom. The molecule has 0 atom stereocenters. The molecule has 0 aliphatic heterocycles. The maximum atomic E-state index is 11.8. The summed E-state index contributed by atoms with van der Waals surface area (Å²) in [4.78, 5) is 21.3. The summed E-state index contributed by atoms with van der Waals surface area (Å²) in [6, 6.07) is 17.0. The van der Waals surface area contributed by atoms with Crippen molar-refractivity contribution in [2.45, 2.75) is 109 Å². The fraction of sp³-hybridized carbons (Fsp3) is 0.488. The van der Waals surface area contributed by atoms with E-state index in [0.717, 1.165) is 53.4 Å². The molecule has 4 aromatic rings. The van der Waals surface area contributed by atoms with E-state index in [-0.39, 0.29) is 42.5 Å². The molecular formula is C41H55IrN2O2-. The van der Waals surface area contributed by atoms with Crippen LogP contribution < -0.4 is 0 Å². The maximum Gasteiger partial charge on any atom is 0.164 e. The smallest absolute Gasteiger partial charge is 0.164 e. The number of benzene rings is 3. The van der Waals surface area contributed by atoms with E-state index in [4.69, 9.17) is 4.98 Å². The van der Waals surface area contributed by atoms with Gasteiger partial charge in [0.25, 0.3) is 0 Å². The fourth-order valence-corrected chi connectivity index (χ4v) is 5.44. The number of ketones is 1. The number of hydrogen-bond donors (Lipinski definition) is 1. The second kappa shape index (κ2) is 16.3. The number of carbonyl (C=O) groups is 1. The van der Waals surface area contributed by atoms with Crippen LogP contribution in [0.1, 0.15) is 104 Å². The molecule has 0 spiro atoms. The zero-order valence-electron chi connectivity index (χ0n) is 30.2. The van der Waals surface area contributed by atoms with E-state index in [1.165, 1.54) is 33.5 Å². The number of aliphatic hydroxyl groups is 1. The van der Waals surface area contributed by atoms with Gasteiger partial charge in [0.15, 0.2) is 5.78 Å². The van der Waals surface area contributed by atoms with Crippen molar-refractivity contribution >= 4 is 27.5 Å². The van der Waals surface area contributed by atoms with E-state index < -0.39 is 0 Å². The van der Waals surface area contributed by atoms with Crippen LogP contribution in [0.2, 0.25) is 0 Å². The molecule has 3 aromatic carbocycles. The third kappa shape index (κ3) is 9.81. The zero-order chi connectivity index (χ0) is 33.7. The SMILES string of the molecule is CCC(C)(C)C(=O)/C=C(\O)C(C)(C)CC.Cc1[c-]c(-c2ncnc3c2ccc2cc(CC(C)C)cc(CC(C)C)c23)cc(C)c1.[Ir]. The first kappa shape index (κ1) is 39.3. The van der Waals surface area contributed by atoms with Crippen LogP contribution in [0.25, 0.3) is 32.9 Å². The number of aromatic nitrogens is 2. The number of hydrogen-bond acceptors (Lipinski definition) is 4. The molecule has 1 radical (unpaired) electrons. The van der Waals surface area contributed by atoms with Gasteiger partial charge in [-0.2, -0.15) is 0 Å². The van der Waals surface area contributed by atoms with Gasteiger partial charge >= 0.3 is 0 Å². The molecule has 0 saturated heterocycles. The van der Waals surface area contributed by atoms with E-state index >= 15 is 0 Å². The molecule has 1 heterocycles.